The maximum atomic E-state index is 12.3. The van der Waals surface area contributed by atoms with Gasteiger partial charge in [0.25, 0.3) is 0 Å². The van der Waals surface area contributed by atoms with Gasteiger partial charge in [0.15, 0.2) is 0 Å². The van der Waals surface area contributed by atoms with E-state index in [1.807, 2.05) is 13.8 Å². The molecule has 1 unspecified atom stereocenters. The molecule has 21 heteroatoms. The highest BCUT2D eigenvalue weighted by Gasteiger charge is 2.21. The van der Waals surface area contributed by atoms with Gasteiger partial charge in [-0.05, 0) is 49.6 Å². The van der Waals surface area contributed by atoms with Crippen LogP contribution in [0, 0.1) is 0 Å². The van der Waals surface area contributed by atoms with Crippen LogP contribution >= 0.6 is 25.4 Å². The van der Waals surface area contributed by atoms with Crippen molar-refractivity contribution in [3.05, 3.63) is 29.8 Å². The zero-order valence-electron chi connectivity index (χ0n) is 40.9. The second-order valence-electron chi connectivity index (χ2n) is 15.1. The van der Waals surface area contributed by atoms with E-state index in [1.54, 1.807) is 18.4 Å². The molecule has 0 aliphatic heterocycles. The lowest BCUT2D eigenvalue weighted by molar-refractivity contribution is -0.142. The summed E-state index contributed by atoms with van der Waals surface area (Å²) in [7, 11) is 0. The molecule has 2 atom stereocenters. The fraction of sp³-hybridized carbons (Fsp3) is 0.723. The average Bonchev–Trinajstić information content (AvgIpc) is 3.33. The number of carbonyl (C=O) groups excluding carboxylic acids is 5. The molecule has 1 aromatic carbocycles. The first-order chi connectivity index (χ1) is 33.0. The fourth-order valence-corrected chi connectivity index (χ4v) is 6.18. The minimum atomic E-state index is -1.19. The van der Waals surface area contributed by atoms with Gasteiger partial charge >= 0.3 is 11.9 Å². The van der Waals surface area contributed by atoms with E-state index in [9.17, 15) is 43.8 Å². The number of rotatable bonds is 42. The Labute approximate surface area is 415 Å². The van der Waals surface area contributed by atoms with Crippen molar-refractivity contribution in [2.45, 2.75) is 148 Å². The number of unbranched alkanes of at least 4 members (excludes halogenated alkanes) is 13. The van der Waals surface area contributed by atoms with E-state index in [2.05, 4.69) is 51.8 Å². The molecule has 9 N–H and O–H groups in total. The second kappa shape index (κ2) is 52.4. The lowest BCUT2D eigenvalue weighted by Gasteiger charge is -2.14. The van der Waals surface area contributed by atoms with Crippen molar-refractivity contribution in [2.24, 2.45) is 5.14 Å². The van der Waals surface area contributed by atoms with Gasteiger partial charge in [0, 0.05) is 32.4 Å². The molecule has 68 heavy (non-hydrogen) atoms. The first kappa shape index (κ1) is 68.3. The molecule has 0 saturated heterocycles. The molecule has 0 fully saturated rings. The number of carboxylic acids is 2. The van der Waals surface area contributed by atoms with Gasteiger partial charge in [-0.15, -0.1) is 12.8 Å². The molecule has 0 heterocycles. The van der Waals surface area contributed by atoms with Crippen molar-refractivity contribution in [1.82, 2.24) is 21.3 Å². The number of aldehydes is 1. The maximum absolute atomic E-state index is 12.3. The SMILES string of the molecule is CC.CS.NS.O=CC(Cc1ccc(O)cc1)NC(=O)COCCOCCNC(=O)COCCOCCNC(=O)CC[C@H](NC(=O)CCCCCCCCCCCCCCCCC(=O)O)C(=O)O. The third kappa shape index (κ3) is 47.1. The molecule has 0 aliphatic rings. The number of thiol groups is 2. The first-order valence-corrected chi connectivity index (χ1v) is 25.2. The first-order valence-electron chi connectivity index (χ1n) is 23.8. The van der Waals surface area contributed by atoms with Crippen LogP contribution in [0.5, 0.6) is 5.75 Å². The van der Waals surface area contributed by atoms with Crippen molar-refractivity contribution < 1.29 is 67.8 Å². The van der Waals surface area contributed by atoms with Crippen LogP contribution in [0.3, 0.4) is 0 Å². The number of hydrogen-bond acceptors (Lipinski definition) is 15. The molecule has 19 nitrogen and oxygen atoms in total. The predicted octanol–water partition coefficient (Wildman–Crippen LogP) is 4.96. The molecular weight excluding hydrogens is 923 g/mol. The standard InChI is InChI=1S/C44H72N4O14.C2H6.CH4S.H3NS/c49-32-36(31-35-17-19-37(50)20-18-35)47-42(54)34-62-30-28-60-26-24-46-41(53)33-61-29-27-59-25-23-45-39(51)22-21-38(44(57)58)48-40(52)15-13-11-9-7-5-3-1-2-4-6-8-10-12-14-16-43(55)56;3*1-2/h17-20,32,36,38,50H,1-16,21-31,33-34H2,(H,45,51)(H,46,53)(H,47,54)(H,48,52)(H,55,56)(H,57,58);1-2H3;2H,1H3;2H,1H2/t36?,38-;;;/m0.../s1. The van der Waals surface area contributed by atoms with Gasteiger partial charge in [0.05, 0.1) is 45.7 Å². The maximum Gasteiger partial charge on any atom is 0.326 e. The minimum Gasteiger partial charge on any atom is -0.508 e. The number of nitrogens with two attached hydrogens (primary N) is 1. The smallest absolute Gasteiger partial charge is 0.326 e. The van der Waals surface area contributed by atoms with Gasteiger partial charge < -0.3 is 60.3 Å². The Morgan fingerprint density at radius 3 is 1.46 bits per heavy atom. The topological polar surface area (TPSA) is 291 Å². The third-order valence-corrected chi connectivity index (χ3v) is 9.59. The predicted molar refractivity (Wildman–Crippen MR) is 269 cm³/mol. The van der Waals surface area contributed by atoms with Gasteiger partial charge in [-0.25, -0.2) is 4.79 Å². The van der Waals surface area contributed by atoms with Crippen LogP contribution in [0.2, 0.25) is 0 Å². The molecule has 0 radical (unpaired) electrons. The van der Waals surface area contributed by atoms with Crippen molar-refractivity contribution in [3.63, 3.8) is 0 Å². The number of hydrogen-bond donors (Lipinski definition) is 10. The molecule has 0 bridgehead atoms. The Hall–Kier alpha value is -3.99. The van der Waals surface area contributed by atoms with E-state index in [-0.39, 0.29) is 122 Å². The zero-order valence-corrected chi connectivity index (χ0v) is 42.6. The Morgan fingerprint density at radius 2 is 1.00 bits per heavy atom. The van der Waals surface area contributed by atoms with Crippen LogP contribution < -0.4 is 26.4 Å². The Kier molecular flexibility index (Phi) is 52.6. The number of ether oxygens (including phenoxy) is 4. The van der Waals surface area contributed by atoms with Gasteiger partial charge in [0.1, 0.15) is 31.3 Å². The Morgan fingerprint density at radius 1 is 0.574 bits per heavy atom. The minimum absolute atomic E-state index is 0.0348. The van der Waals surface area contributed by atoms with Crippen LogP contribution in [-0.2, 0) is 58.9 Å². The molecule has 0 aliphatic carbocycles. The van der Waals surface area contributed by atoms with Crippen LogP contribution in [-0.4, -0.2) is 141 Å². The summed E-state index contributed by atoms with van der Waals surface area (Å²) in [5.74, 6) is -3.29. The molecule has 1 aromatic rings. The monoisotopic (exact) mass is 1010 g/mol. The normalized spacial score (nSPS) is 11.1. The summed E-state index contributed by atoms with van der Waals surface area (Å²) in [6.45, 7) is 5.07. The number of carboxylic acid groups (broad SMARTS) is 2. The van der Waals surface area contributed by atoms with Gasteiger partial charge in [-0.2, -0.15) is 12.6 Å². The highest BCUT2D eigenvalue weighted by Crippen LogP contribution is 2.14. The quantitative estimate of drug-likeness (QED) is 0.0235. The summed E-state index contributed by atoms with van der Waals surface area (Å²) in [4.78, 5) is 82.0. The molecule has 394 valence electrons. The van der Waals surface area contributed by atoms with Gasteiger partial charge in [-0.1, -0.05) is 103 Å². The van der Waals surface area contributed by atoms with Gasteiger partial charge in [0.2, 0.25) is 23.6 Å². The lowest BCUT2D eigenvalue weighted by atomic mass is 10.0. The number of phenolic OH excluding ortho intramolecular Hbond substituents is 1. The van der Waals surface area contributed by atoms with Crippen LogP contribution in [0.1, 0.15) is 135 Å². The van der Waals surface area contributed by atoms with Crippen molar-refractivity contribution in [1.29, 1.82) is 0 Å². The summed E-state index contributed by atoms with van der Waals surface area (Å²) >= 11 is 6.56. The molecule has 4 amide bonds. The number of phenols is 1. The van der Waals surface area contributed by atoms with E-state index >= 15 is 0 Å². The van der Waals surface area contributed by atoms with E-state index in [1.165, 1.54) is 50.7 Å². The Balaban J connectivity index is -0.00000675. The molecule has 0 saturated carbocycles. The number of amides is 4. The largest absolute Gasteiger partial charge is 0.508 e. The summed E-state index contributed by atoms with van der Waals surface area (Å²) in [5.41, 5.74) is 0.783. The van der Waals surface area contributed by atoms with Crippen molar-refractivity contribution in [2.75, 3.05) is 72.2 Å². The van der Waals surface area contributed by atoms with E-state index < -0.39 is 29.9 Å². The highest BCUT2D eigenvalue weighted by atomic mass is 32.1. The van der Waals surface area contributed by atoms with Crippen molar-refractivity contribution >= 4 is 67.3 Å². The molecule has 0 aromatic heterocycles. The number of benzene rings is 1. The van der Waals surface area contributed by atoms with Crippen LogP contribution in [0.15, 0.2) is 24.3 Å². The molecule has 1 rings (SSSR count). The summed E-state index contributed by atoms with van der Waals surface area (Å²) in [6, 6.07) is 4.46. The van der Waals surface area contributed by atoms with Crippen molar-refractivity contribution in [3.8, 4) is 5.75 Å². The molecule has 0 spiro atoms. The molecular formula is C47H85N5O14S2. The number of aromatic hydroxyl groups is 1. The summed E-state index contributed by atoms with van der Waals surface area (Å²) in [5, 5.41) is 42.1. The average molecular weight is 1010 g/mol. The van der Waals surface area contributed by atoms with Crippen LogP contribution in [0.4, 0.5) is 0 Å². The second-order valence-corrected chi connectivity index (χ2v) is 15.1. The van der Waals surface area contributed by atoms with E-state index in [0.717, 1.165) is 50.5 Å². The van der Waals surface area contributed by atoms with Crippen LogP contribution in [0.25, 0.3) is 0 Å². The zero-order chi connectivity index (χ0) is 51.5. The summed E-state index contributed by atoms with van der Waals surface area (Å²) in [6.07, 6.45) is 18.0. The van der Waals surface area contributed by atoms with Gasteiger partial charge in [-0.3, -0.25) is 29.1 Å². The number of carbonyl (C=O) groups is 7. The Bertz CT molecular complexity index is 1420. The van der Waals surface area contributed by atoms with E-state index in [4.69, 9.17) is 24.1 Å². The third-order valence-electron chi connectivity index (χ3n) is 9.59. The fourth-order valence-electron chi connectivity index (χ4n) is 6.18. The lowest BCUT2D eigenvalue weighted by Crippen LogP contribution is -2.41. The number of nitrogens with one attached hydrogen (secondary N) is 4. The summed E-state index contributed by atoms with van der Waals surface area (Å²) < 4.78 is 21.3. The van der Waals surface area contributed by atoms with E-state index in [0.29, 0.717) is 12.7 Å². The number of aliphatic carboxylic acids is 2. The highest BCUT2D eigenvalue weighted by molar-refractivity contribution is 7.79.